The molecule has 0 aliphatic carbocycles. The Bertz CT molecular complexity index is 643. The SMILES string of the molecule is CN(C)CCN=C(C=C1C=Cc2ccccc2N1C)NCCN(C)C. The molecule has 1 N–H and O–H groups in total. The summed E-state index contributed by atoms with van der Waals surface area (Å²) >= 11 is 0. The fraction of sp³-hybridized carbons (Fsp3) is 0.450. The van der Waals surface area contributed by atoms with Crippen LogP contribution in [0.25, 0.3) is 6.08 Å². The predicted octanol–water partition coefficient (Wildman–Crippen LogP) is 2.14. The summed E-state index contributed by atoms with van der Waals surface area (Å²) in [5.41, 5.74) is 3.60. The Morgan fingerprint density at radius 1 is 1.08 bits per heavy atom. The Kier molecular flexibility index (Phi) is 7.22. The average molecular weight is 342 g/mol. The highest BCUT2D eigenvalue weighted by atomic mass is 15.1. The first-order chi connectivity index (χ1) is 12.0. The third-order valence-electron chi connectivity index (χ3n) is 4.10. The molecular weight excluding hydrogens is 310 g/mol. The molecule has 136 valence electrons. The van der Waals surface area contributed by atoms with Crippen LogP contribution in [0.5, 0.6) is 0 Å². The molecule has 0 unspecified atom stereocenters. The molecule has 0 atom stereocenters. The van der Waals surface area contributed by atoms with Crippen LogP contribution < -0.4 is 10.2 Å². The first-order valence-corrected chi connectivity index (χ1v) is 8.77. The highest BCUT2D eigenvalue weighted by molar-refractivity contribution is 5.95. The van der Waals surface area contributed by atoms with Crippen molar-refractivity contribution in [2.24, 2.45) is 4.99 Å². The van der Waals surface area contributed by atoms with E-state index in [1.165, 1.54) is 11.3 Å². The number of amidine groups is 1. The van der Waals surface area contributed by atoms with E-state index in [9.17, 15) is 0 Å². The monoisotopic (exact) mass is 341 g/mol. The van der Waals surface area contributed by atoms with Crippen LogP contribution in [-0.4, -0.2) is 77.1 Å². The highest BCUT2D eigenvalue weighted by Gasteiger charge is 2.13. The van der Waals surface area contributed by atoms with E-state index >= 15 is 0 Å². The van der Waals surface area contributed by atoms with Gasteiger partial charge in [-0.3, -0.25) is 4.99 Å². The van der Waals surface area contributed by atoms with Crippen molar-refractivity contribution in [1.29, 1.82) is 0 Å². The molecule has 0 saturated carbocycles. The molecule has 0 amide bonds. The summed E-state index contributed by atoms with van der Waals surface area (Å²) in [4.78, 5) is 11.3. The number of aliphatic imine (C=N–C) groups is 1. The molecule has 1 heterocycles. The van der Waals surface area contributed by atoms with E-state index < -0.39 is 0 Å². The fourth-order valence-electron chi connectivity index (χ4n) is 2.58. The third kappa shape index (κ3) is 6.03. The van der Waals surface area contributed by atoms with Crippen LogP contribution in [0.3, 0.4) is 0 Å². The van der Waals surface area contributed by atoms with E-state index in [1.807, 2.05) is 0 Å². The number of rotatable bonds is 7. The lowest BCUT2D eigenvalue weighted by atomic mass is 10.1. The van der Waals surface area contributed by atoms with Crippen molar-refractivity contribution in [2.45, 2.75) is 0 Å². The van der Waals surface area contributed by atoms with Gasteiger partial charge in [0.15, 0.2) is 0 Å². The Morgan fingerprint density at radius 3 is 2.52 bits per heavy atom. The predicted molar refractivity (Wildman–Crippen MR) is 109 cm³/mol. The van der Waals surface area contributed by atoms with Gasteiger partial charge in [-0.2, -0.15) is 0 Å². The van der Waals surface area contributed by atoms with Crippen molar-refractivity contribution in [2.75, 3.05) is 66.3 Å². The Hall–Kier alpha value is -2.11. The normalized spacial score (nSPS) is 16.0. The maximum absolute atomic E-state index is 4.75. The minimum Gasteiger partial charge on any atom is -0.369 e. The maximum atomic E-state index is 4.75. The molecule has 0 fully saturated rings. The molecular formula is C20H31N5. The van der Waals surface area contributed by atoms with Gasteiger partial charge in [0.2, 0.25) is 0 Å². The van der Waals surface area contributed by atoms with Gasteiger partial charge >= 0.3 is 0 Å². The second kappa shape index (κ2) is 9.39. The fourth-order valence-corrected chi connectivity index (χ4v) is 2.58. The van der Waals surface area contributed by atoms with Crippen molar-refractivity contribution in [3.05, 3.63) is 47.7 Å². The summed E-state index contributed by atoms with van der Waals surface area (Å²) in [6.45, 7) is 3.58. The van der Waals surface area contributed by atoms with Crippen LogP contribution in [0.15, 0.2) is 47.1 Å². The van der Waals surface area contributed by atoms with Crippen LogP contribution in [0, 0.1) is 0 Å². The lowest BCUT2D eigenvalue weighted by Crippen LogP contribution is -2.32. The largest absolute Gasteiger partial charge is 0.369 e. The van der Waals surface area contributed by atoms with E-state index in [1.54, 1.807) is 0 Å². The second-order valence-corrected chi connectivity index (χ2v) is 6.82. The average Bonchev–Trinajstić information content (AvgIpc) is 2.56. The van der Waals surface area contributed by atoms with Crippen molar-refractivity contribution in [3.63, 3.8) is 0 Å². The summed E-state index contributed by atoms with van der Waals surface area (Å²) in [6, 6.07) is 8.44. The standard InChI is InChI=1S/C20H31N5/c1-23(2)14-12-21-20(22-13-15-24(3)4)16-18-11-10-17-8-6-7-9-19(17)25(18)5/h6-11,16H,12-15H2,1-5H3,(H,21,22). The molecule has 1 aromatic rings. The summed E-state index contributed by atoms with van der Waals surface area (Å²) in [6.07, 6.45) is 6.45. The summed E-state index contributed by atoms with van der Waals surface area (Å²) in [7, 11) is 10.4. The highest BCUT2D eigenvalue weighted by Crippen LogP contribution is 2.28. The topological polar surface area (TPSA) is 34.1 Å². The Labute approximate surface area is 152 Å². The number of allylic oxidation sites excluding steroid dienone is 1. The van der Waals surface area contributed by atoms with Crippen LogP contribution in [0.2, 0.25) is 0 Å². The molecule has 5 heteroatoms. The quantitative estimate of drug-likeness (QED) is 0.609. The Balaban J connectivity index is 2.15. The van der Waals surface area contributed by atoms with Gasteiger partial charge in [0.05, 0.1) is 6.54 Å². The molecule has 1 aliphatic heterocycles. The summed E-state index contributed by atoms with van der Waals surface area (Å²) < 4.78 is 0. The van der Waals surface area contributed by atoms with E-state index in [4.69, 9.17) is 4.99 Å². The number of likely N-dealkylation sites (N-methyl/N-ethyl adjacent to an activating group) is 3. The minimum absolute atomic E-state index is 0.783. The molecule has 0 bridgehead atoms. The van der Waals surface area contributed by atoms with Crippen molar-refractivity contribution >= 4 is 17.6 Å². The molecule has 0 saturated heterocycles. The zero-order chi connectivity index (χ0) is 18.2. The van der Waals surface area contributed by atoms with E-state index in [-0.39, 0.29) is 0 Å². The number of benzene rings is 1. The van der Waals surface area contributed by atoms with Crippen LogP contribution in [0.1, 0.15) is 5.56 Å². The van der Waals surface area contributed by atoms with Crippen molar-refractivity contribution in [3.8, 4) is 0 Å². The van der Waals surface area contributed by atoms with Gasteiger partial charge in [-0.25, -0.2) is 0 Å². The number of nitrogens with zero attached hydrogens (tertiary/aromatic N) is 4. The number of hydrogen-bond donors (Lipinski definition) is 1. The van der Waals surface area contributed by atoms with Gasteiger partial charge in [0, 0.05) is 44.1 Å². The van der Waals surface area contributed by atoms with Gasteiger partial charge in [-0.15, -0.1) is 0 Å². The first-order valence-electron chi connectivity index (χ1n) is 8.77. The van der Waals surface area contributed by atoms with E-state index in [0.717, 1.165) is 37.7 Å². The number of nitrogens with one attached hydrogen (secondary N) is 1. The number of fused-ring (bicyclic) bond motifs is 1. The summed E-state index contributed by atoms with van der Waals surface area (Å²) in [5, 5.41) is 3.47. The van der Waals surface area contributed by atoms with Gasteiger partial charge in [-0.05, 0) is 45.9 Å². The number of hydrogen-bond acceptors (Lipinski definition) is 4. The summed E-state index contributed by atoms with van der Waals surface area (Å²) in [5.74, 6) is 0.939. The van der Waals surface area contributed by atoms with Crippen LogP contribution in [0.4, 0.5) is 5.69 Å². The van der Waals surface area contributed by atoms with E-state index in [0.29, 0.717) is 0 Å². The third-order valence-corrected chi connectivity index (χ3v) is 4.10. The molecule has 0 spiro atoms. The smallest absolute Gasteiger partial charge is 0.122 e. The number of anilines is 1. The molecule has 0 aromatic heterocycles. The van der Waals surface area contributed by atoms with Gasteiger partial charge in [0.25, 0.3) is 0 Å². The molecule has 25 heavy (non-hydrogen) atoms. The molecule has 1 aromatic carbocycles. The molecule has 2 rings (SSSR count). The minimum atomic E-state index is 0.783. The maximum Gasteiger partial charge on any atom is 0.122 e. The van der Waals surface area contributed by atoms with Gasteiger partial charge in [-0.1, -0.05) is 24.3 Å². The first kappa shape index (κ1) is 19.2. The van der Waals surface area contributed by atoms with Crippen LogP contribution >= 0.6 is 0 Å². The van der Waals surface area contributed by atoms with Crippen molar-refractivity contribution < 1.29 is 0 Å². The molecule has 0 radical (unpaired) electrons. The van der Waals surface area contributed by atoms with E-state index in [2.05, 4.69) is 97.7 Å². The zero-order valence-corrected chi connectivity index (χ0v) is 16.2. The Morgan fingerprint density at radius 2 is 1.80 bits per heavy atom. The van der Waals surface area contributed by atoms with Crippen LogP contribution in [-0.2, 0) is 0 Å². The second-order valence-electron chi connectivity index (χ2n) is 6.82. The van der Waals surface area contributed by atoms with Crippen molar-refractivity contribution in [1.82, 2.24) is 15.1 Å². The lowest BCUT2D eigenvalue weighted by Gasteiger charge is -2.26. The van der Waals surface area contributed by atoms with Gasteiger partial charge in [0.1, 0.15) is 5.84 Å². The zero-order valence-electron chi connectivity index (χ0n) is 16.2. The van der Waals surface area contributed by atoms with Gasteiger partial charge < -0.3 is 20.0 Å². The number of para-hydroxylation sites is 1. The lowest BCUT2D eigenvalue weighted by molar-refractivity contribution is 0.411. The molecule has 5 nitrogen and oxygen atoms in total. The molecule has 1 aliphatic rings.